The number of fused-ring (bicyclic) bond motifs is 1. The van der Waals surface area contributed by atoms with E-state index in [2.05, 4.69) is 21.8 Å². The number of carbonyl (C=O) groups excluding carboxylic acids is 1. The smallest absolute Gasteiger partial charge is 0.253 e. The van der Waals surface area contributed by atoms with Gasteiger partial charge in [0, 0.05) is 48.7 Å². The molecular weight excluding hydrogens is 402 g/mol. The maximum absolute atomic E-state index is 12.8. The summed E-state index contributed by atoms with van der Waals surface area (Å²) in [6.45, 7) is 1.71. The van der Waals surface area contributed by atoms with Crippen LogP contribution < -0.4 is 22.2 Å². The minimum Gasteiger partial charge on any atom is -0.353 e. The Hall–Kier alpha value is -2.84. The monoisotopic (exact) mass is 435 g/mol. The Morgan fingerprint density at radius 3 is 2.53 bits per heavy atom. The fourth-order valence-corrected chi connectivity index (χ4v) is 5.17. The van der Waals surface area contributed by atoms with Crippen molar-refractivity contribution in [3.8, 4) is 0 Å². The molecule has 0 spiro atoms. The third-order valence-electron chi connectivity index (χ3n) is 7.08. The minimum absolute atomic E-state index is 0.115. The Morgan fingerprint density at radius 2 is 1.81 bits per heavy atom. The highest BCUT2D eigenvalue weighted by Crippen LogP contribution is 2.35. The molecule has 3 aliphatic rings. The standard InChI is InChI=1S/C24H33N7O/c25-19-8-6-18(7-9-19)24(26)16-21(22-27-12-15-31(22)29-24)28-20-10-4-17(5-11-20)23(32)30-13-2-1-3-14-30/h4-5,10-12,15-16,18-19,28-29H,1-3,6-9,13-14,25-26H2. The zero-order chi connectivity index (χ0) is 22.1. The number of piperidine rings is 1. The van der Waals surface area contributed by atoms with Crippen LogP contribution in [0.1, 0.15) is 61.1 Å². The summed E-state index contributed by atoms with van der Waals surface area (Å²) in [6.07, 6.45) is 13.1. The maximum Gasteiger partial charge on any atom is 0.253 e. The molecule has 1 aliphatic carbocycles. The van der Waals surface area contributed by atoms with Crippen molar-refractivity contribution in [3.05, 3.63) is 54.1 Å². The molecule has 2 fully saturated rings. The summed E-state index contributed by atoms with van der Waals surface area (Å²) in [5, 5.41) is 3.48. The normalized spacial score (nSPS) is 27.8. The van der Waals surface area contributed by atoms with E-state index in [1.54, 1.807) is 6.20 Å². The fraction of sp³-hybridized carbons (Fsp3) is 0.500. The highest BCUT2D eigenvalue weighted by Gasteiger charge is 2.39. The van der Waals surface area contributed by atoms with E-state index in [1.165, 1.54) is 6.42 Å². The lowest BCUT2D eigenvalue weighted by Gasteiger charge is -2.42. The number of carbonyl (C=O) groups is 1. The van der Waals surface area contributed by atoms with Crippen LogP contribution in [-0.2, 0) is 0 Å². The zero-order valence-electron chi connectivity index (χ0n) is 18.5. The van der Waals surface area contributed by atoms with E-state index in [0.717, 1.165) is 74.4 Å². The first kappa shape index (κ1) is 21.0. The van der Waals surface area contributed by atoms with Crippen molar-refractivity contribution in [2.24, 2.45) is 17.4 Å². The molecule has 8 heteroatoms. The number of benzene rings is 1. The second kappa shape index (κ2) is 8.60. The largest absolute Gasteiger partial charge is 0.353 e. The molecule has 1 amide bonds. The number of aromatic nitrogens is 2. The minimum atomic E-state index is -0.680. The Bertz CT molecular complexity index is 984. The van der Waals surface area contributed by atoms with Gasteiger partial charge in [0.05, 0.1) is 5.70 Å². The summed E-state index contributed by atoms with van der Waals surface area (Å²) in [5.41, 5.74) is 18.2. The van der Waals surface area contributed by atoms with Gasteiger partial charge < -0.3 is 27.1 Å². The van der Waals surface area contributed by atoms with E-state index < -0.39 is 5.66 Å². The van der Waals surface area contributed by atoms with Crippen molar-refractivity contribution in [3.63, 3.8) is 0 Å². The van der Waals surface area contributed by atoms with Crippen molar-refractivity contribution < 1.29 is 4.79 Å². The maximum atomic E-state index is 12.8. The molecule has 1 unspecified atom stereocenters. The number of imidazole rings is 1. The number of nitrogens with one attached hydrogen (secondary N) is 2. The number of likely N-dealkylation sites (tertiary alicyclic amines) is 1. The van der Waals surface area contributed by atoms with E-state index >= 15 is 0 Å². The van der Waals surface area contributed by atoms with Crippen molar-refractivity contribution in [1.82, 2.24) is 14.6 Å². The van der Waals surface area contributed by atoms with Gasteiger partial charge in [-0.15, -0.1) is 0 Å². The number of rotatable bonds is 4. The van der Waals surface area contributed by atoms with Gasteiger partial charge in [-0.05, 0) is 75.3 Å². The number of hydrogen-bond donors (Lipinski definition) is 4. The number of hydrogen-bond acceptors (Lipinski definition) is 6. The van der Waals surface area contributed by atoms with Gasteiger partial charge >= 0.3 is 0 Å². The van der Waals surface area contributed by atoms with Crippen LogP contribution in [0.15, 0.2) is 42.7 Å². The molecular formula is C24H33N7O. The van der Waals surface area contributed by atoms with E-state index in [1.807, 2.05) is 40.0 Å². The number of nitrogens with two attached hydrogens (primary N) is 2. The summed E-state index contributed by atoms with van der Waals surface area (Å²) in [4.78, 5) is 19.2. The third-order valence-corrected chi connectivity index (χ3v) is 7.08. The van der Waals surface area contributed by atoms with Crippen LogP contribution in [0, 0.1) is 5.92 Å². The highest BCUT2D eigenvalue weighted by molar-refractivity contribution is 5.94. The van der Waals surface area contributed by atoms with Gasteiger partial charge in [0.1, 0.15) is 5.66 Å². The summed E-state index contributed by atoms with van der Waals surface area (Å²) < 4.78 is 1.89. The average molecular weight is 436 g/mol. The van der Waals surface area contributed by atoms with Gasteiger partial charge in [0.25, 0.3) is 5.91 Å². The molecule has 1 aromatic carbocycles. The van der Waals surface area contributed by atoms with Gasteiger partial charge in [-0.1, -0.05) is 0 Å². The van der Waals surface area contributed by atoms with Gasteiger partial charge in [-0.3, -0.25) is 4.79 Å². The Balaban J connectivity index is 1.35. The lowest BCUT2D eigenvalue weighted by molar-refractivity contribution is 0.0724. The summed E-state index contributed by atoms with van der Waals surface area (Å²) in [5.74, 6) is 1.19. The predicted molar refractivity (Wildman–Crippen MR) is 126 cm³/mol. The molecule has 1 aromatic heterocycles. The molecule has 32 heavy (non-hydrogen) atoms. The van der Waals surface area contributed by atoms with E-state index in [-0.39, 0.29) is 11.9 Å². The first-order valence-electron chi connectivity index (χ1n) is 11.8. The van der Waals surface area contributed by atoms with Crippen LogP contribution in [0.2, 0.25) is 0 Å². The number of amides is 1. The van der Waals surface area contributed by atoms with Crippen molar-refractivity contribution in [2.45, 2.75) is 56.7 Å². The summed E-state index contributed by atoms with van der Waals surface area (Å²) in [7, 11) is 0. The van der Waals surface area contributed by atoms with Gasteiger partial charge in [0.2, 0.25) is 0 Å². The quantitative estimate of drug-likeness (QED) is 0.587. The average Bonchev–Trinajstić information content (AvgIpc) is 3.28. The zero-order valence-corrected chi connectivity index (χ0v) is 18.5. The molecule has 3 heterocycles. The summed E-state index contributed by atoms with van der Waals surface area (Å²) >= 11 is 0. The molecule has 0 bridgehead atoms. The Morgan fingerprint density at radius 1 is 1.09 bits per heavy atom. The van der Waals surface area contributed by atoms with E-state index in [0.29, 0.717) is 5.92 Å². The molecule has 2 aliphatic heterocycles. The summed E-state index contributed by atoms with van der Waals surface area (Å²) in [6, 6.07) is 7.96. The SMILES string of the molecule is NC1CCC(C2(N)C=C(Nc3ccc(C(=O)N4CCCCC4)cc3)c3nccn3N2)CC1. The number of nitrogens with zero attached hydrogens (tertiary/aromatic N) is 3. The van der Waals surface area contributed by atoms with Crippen LogP contribution in [-0.4, -0.2) is 45.3 Å². The molecule has 0 radical (unpaired) electrons. The van der Waals surface area contributed by atoms with Crippen molar-refractivity contribution in [2.75, 3.05) is 23.8 Å². The molecule has 1 saturated carbocycles. The van der Waals surface area contributed by atoms with E-state index in [4.69, 9.17) is 11.5 Å². The first-order valence-corrected chi connectivity index (χ1v) is 11.8. The fourth-order valence-electron chi connectivity index (χ4n) is 5.17. The predicted octanol–water partition coefficient (Wildman–Crippen LogP) is 2.69. The Labute approximate surface area is 189 Å². The molecule has 1 atom stereocenters. The second-order valence-electron chi connectivity index (χ2n) is 9.39. The Kier molecular flexibility index (Phi) is 5.65. The molecule has 2 aromatic rings. The number of anilines is 1. The van der Waals surface area contributed by atoms with Gasteiger partial charge in [-0.2, -0.15) is 0 Å². The lowest BCUT2D eigenvalue weighted by atomic mass is 9.78. The highest BCUT2D eigenvalue weighted by atomic mass is 16.2. The molecule has 170 valence electrons. The van der Waals surface area contributed by atoms with Crippen LogP contribution >= 0.6 is 0 Å². The molecule has 8 nitrogen and oxygen atoms in total. The van der Waals surface area contributed by atoms with E-state index in [9.17, 15) is 4.79 Å². The molecule has 1 saturated heterocycles. The first-order chi connectivity index (χ1) is 15.5. The lowest BCUT2D eigenvalue weighted by Crippen LogP contribution is -2.58. The van der Waals surface area contributed by atoms with Crippen LogP contribution in [0.4, 0.5) is 5.69 Å². The van der Waals surface area contributed by atoms with Crippen LogP contribution in [0.3, 0.4) is 0 Å². The van der Waals surface area contributed by atoms with Gasteiger partial charge in [-0.25, -0.2) is 9.66 Å². The topological polar surface area (TPSA) is 114 Å². The molecule has 5 rings (SSSR count). The van der Waals surface area contributed by atoms with Gasteiger partial charge in [0.15, 0.2) is 5.82 Å². The van der Waals surface area contributed by atoms with Crippen molar-refractivity contribution >= 4 is 17.3 Å². The second-order valence-corrected chi connectivity index (χ2v) is 9.39. The van der Waals surface area contributed by atoms with Crippen molar-refractivity contribution in [1.29, 1.82) is 0 Å². The molecule has 6 N–H and O–H groups in total. The van der Waals surface area contributed by atoms with Crippen LogP contribution in [0.5, 0.6) is 0 Å². The van der Waals surface area contributed by atoms with Crippen LogP contribution in [0.25, 0.3) is 5.70 Å². The third kappa shape index (κ3) is 4.12.